The van der Waals surface area contributed by atoms with Crippen molar-refractivity contribution in [2.24, 2.45) is 0 Å². The highest BCUT2D eigenvalue weighted by atomic mass is 32.2. The number of carbonyl (C=O) groups is 1. The van der Waals surface area contributed by atoms with E-state index in [2.05, 4.69) is 31.1 Å². The van der Waals surface area contributed by atoms with Gasteiger partial charge in [-0.05, 0) is 18.2 Å². The van der Waals surface area contributed by atoms with Gasteiger partial charge in [0.2, 0.25) is 0 Å². The highest BCUT2D eigenvalue weighted by Crippen LogP contribution is 2.32. The number of rotatable bonds is 4. The van der Waals surface area contributed by atoms with Crippen LogP contribution in [-0.4, -0.2) is 29.7 Å². The van der Waals surface area contributed by atoms with E-state index in [1.165, 1.54) is 11.8 Å². The van der Waals surface area contributed by atoms with Gasteiger partial charge in [0.05, 0.1) is 11.4 Å². The number of Topliss-reactive ketones (excluding diaryl/α,β-unsaturated/α-hetero) is 1. The van der Waals surface area contributed by atoms with Crippen LogP contribution in [0.2, 0.25) is 0 Å². The molecule has 0 bridgehead atoms. The number of benzene rings is 1. The molecule has 0 atom stereocenters. The second kappa shape index (κ2) is 6.53. The van der Waals surface area contributed by atoms with Gasteiger partial charge in [-0.25, -0.2) is 4.98 Å². The molecular formula is C17H19NO3S2. The van der Waals surface area contributed by atoms with E-state index in [1.54, 1.807) is 29.5 Å². The Labute approximate surface area is 144 Å². The number of carbonyl (C=O) groups excluding carboxylic acids is 1. The summed E-state index contributed by atoms with van der Waals surface area (Å²) in [7, 11) is 0. The van der Waals surface area contributed by atoms with Crippen molar-refractivity contribution in [1.29, 1.82) is 0 Å². The number of nitrogens with zero attached hydrogens (tertiary/aromatic N) is 1. The third-order valence-electron chi connectivity index (χ3n) is 3.44. The lowest BCUT2D eigenvalue weighted by Gasteiger charge is -2.18. The average molecular weight is 349 g/mol. The molecule has 0 saturated heterocycles. The predicted octanol–water partition coefficient (Wildman–Crippen LogP) is 4.19. The van der Waals surface area contributed by atoms with E-state index in [1.807, 2.05) is 0 Å². The van der Waals surface area contributed by atoms with Crippen LogP contribution < -0.4 is 9.47 Å². The molecule has 0 fully saturated rings. The van der Waals surface area contributed by atoms with Gasteiger partial charge in [0.25, 0.3) is 0 Å². The van der Waals surface area contributed by atoms with E-state index in [-0.39, 0.29) is 11.2 Å². The van der Waals surface area contributed by atoms with Crippen LogP contribution in [0.5, 0.6) is 11.5 Å². The van der Waals surface area contributed by atoms with Crippen molar-refractivity contribution in [1.82, 2.24) is 4.98 Å². The Morgan fingerprint density at radius 2 is 2.00 bits per heavy atom. The number of fused-ring (bicyclic) bond motifs is 1. The fourth-order valence-corrected chi connectivity index (χ4v) is 4.04. The van der Waals surface area contributed by atoms with Crippen LogP contribution in [0.3, 0.4) is 0 Å². The molecule has 1 aliphatic rings. The molecule has 1 aromatic heterocycles. The van der Waals surface area contributed by atoms with Gasteiger partial charge in [0.1, 0.15) is 13.2 Å². The molecule has 2 heterocycles. The molecule has 2 aromatic rings. The van der Waals surface area contributed by atoms with Crippen molar-refractivity contribution in [3.05, 3.63) is 34.8 Å². The predicted molar refractivity (Wildman–Crippen MR) is 93.3 cm³/mol. The lowest BCUT2D eigenvalue weighted by Crippen LogP contribution is -2.16. The van der Waals surface area contributed by atoms with Crippen molar-refractivity contribution < 1.29 is 14.3 Å². The maximum absolute atomic E-state index is 12.4. The van der Waals surface area contributed by atoms with Crippen molar-refractivity contribution in [3.8, 4) is 11.5 Å². The minimum absolute atomic E-state index is 0.0369. The normalized spacial score (nSPS) is 13.9. The highest BCUT2D eigenvalue weighted by molar-refractivity contribution is 8.01. The molecule has 23 heavy (non-hydrogen) atoms. The summed E-state index contributed by atoms with van der Waals surface area (Å²) in [5.41, 5.74) is 1.75. The maximum Gasteiger partial charge on any atom is 0.173 e. The summed E-state index contributed by atoms with van der Waals surface area (Å²) in [5.74, 6) is 1.79. The molecule has 0 radical (unpaired) electrons. The first-order valence-corrected chi connectivity index (χ1v) is 9.32. The lowest BCUT2D eigenvalue weighted by atomic mass is 9.93. The molecule has 0 N–H and O–H groups in total. The van der Waals surface area contributed by atoms with Crippen molar-refractivity contribution in [3.63, 3.8) is 0 Å². The molecule has 1 aromatic carbocycles. The van der Waals surface area contributed by atoms with Crippen molar-refractivity contribution >= 4 is 28.9 Å². The van der Waals surface area contributed by atoms with Crippen LogP contribution in [0.4, 0.5) is 0 Å². The molecular weight excluding hydrogens is 330 g/mol. The number of aromatic nitrogens is 1. The molecule has 0 unspecified atom stereocenters. The zero-order valence-electron chi connectivity index (χ0n) is 13.4. The largest absolute Gasteiger partial charge is 0.486 e. The summed E-state index contributed by atoms with van der Waals surface area (Å²) in [5, 5.41) is 2.07. The van der Waals surface area contributed by atoms with Crippen LogP contribution >= 0.6 is 23.1 Å². The standard InChI is InChI=1S/C17H19NO3S2/c1-17(2,3)15-10-23-16(18-15)22-9-12(19)11-4-5-13-14(8-11)21-7-6-20-13/h4-5,8,10H,6-7,9H2,1-3H3. The third-order valence-corrected chi connectivity index (χ3v) is 5.46. The monoisotopic (exact) mass is 349 g/mol. The topological polar surface area (TPSA) is 48.4 Å². The van der Waals surface area contributed by atoms with Crippen LogP contribution in [0.15, 0.2) is 27.9 Å². The van der Waals surface area contributed by atoms with Crippen molar-refractivity contribution in [2.45, 2.75) is 30.5 Å². The summed E-state index contributed by atoms with van der Waals surface area (Å²) in [4.78, 5) is 17.0. The first kappa shape index (κ1) is 16.3. The van der Waals surface area contributed by atoms with Gasteiger partial charge in [0, 0.05) is 16.4 Å². The smallest absolute Gasteiger partial charge is 0.173 e. The van der Waals surface area contributed by atoms with Crippen LogP contribution in [0.25, 0.3) is 0 Å². The van der Waals surface area contributed by atoms with E-state index < -0.39 is 0 Å². The van der Waals surface area contributed by atoms with E-state index in [0.717, 1.165) is 10.0 Å². The minimum atomic E-state index is 0.0369. The summed E-state index contributed by atoms with van der Waals surface area (Å²) in [6.07, 6.45) is 0. The highest BCUT2D eigenvalue weighted by Gasteiger charge is 2.19. The number of thiazole rings is 1. The molecule has 6 heteroatoms. The zero-order valence-corrected chi connectivity index (χ0v) is 15.1. The van der Waals surface area contributed by atoms with Crippen LogP contribution in [0.1, 0.15) is 36.8 Å². The molecule has 122 valence electrons. The SMILES string of the molecule is CC(C)(C)c1csc(SCC(=O)c2ccc3c(c2)OCCO3)n1. The molecule has 4 nitrogen and oxygen atoms in total. The quantitative estimate of drug-likeness (QED) is 0.612. The molecule has 0 aliphatic carbocycles. The Morgan fingerprint density at radius 1 is 1.26 bits per heavy atom. The Kier molecular flexibility index (Phi) is 4.64. The average Bonchev–Trinajstić information content (AvgIpc) is 3.01. The first-order valence-electron chi connectivity index (χ1n) is 7.45. The minimum Gasteiger partial charge on any atom is -0.486 e. The first-order chi connectivity index (χ1) is 10.9. The fraction of sp³-hybridized carbons (Fsp3) is 0.412. The van der Waals surface area contributed by atoms with Gasteiger partial charge < -0.3 is 9.47 Å². The van der Waals surface area contributed by atoms with Gasteiger partial charge in [-0.2, -0.15) is 0 Å². The number of ketones is 1. The number of thioether (sulfide) groups is 1. The summed E-state index contributed by atoms with van der Waals surface area (Å²) < 4.78 is 11.9. The second-order valence-electron chi connectivity index (χ2n) is 6.32. The number of ether oxygens (including phenoxy) is 2. The molecule has 0 saturated carbocycles. The van der Waals surface area contributed by atoms with E-state index in [0.29, 0.717) is 36.0 Å². The van der Waals surface area contributed by atoms with E-state index >= 15 is 0 Å². The Morgan fingerprint density at radius 3 is 2.70 bits per heavy atom. The van der Waals surface area contributed by atoms with Gasteiger partial charge in [-0.3, -0.25) is 4.79 Å². The van der Waals surface area contributed by atoms with Gasteiger partial charge in [-0.1, -0.05) is 32.5 Å². The molecule has 3 rings (SSSR count). The van der Waals surface area contributed by atoms with E-state index in [4.69, 9.17) is 9.47 Å². The molecule has 1 aliphatic heterocycles. The Hall–Kier alpha value is -1.53. The van der Waals surface area contributed by atoms with Crippen molar-refractivity contribution in [2.75, 3.05) is 19.0 Å². The summed E-state index contributed by atoms with van der Waals surface area (Å²) in [6, 6.07) is 5.35. The molecule has 0 amide bonds. The Bertz CT molecular complexity index is 719. The number of hydrogen-bond donors (Lipinski definition) is 0. The van der Waals surface area contributed by atoms with Crippen LogP contribution in [-0.2, 0) is 5.41 Å². The zero-order chi connectivity index (χ0) is 16.4. The maximum atomic E-state index is 12.4. The van der Waals surface area contributed by atoms with E-state index in [9.17, 15) is 4.79 Å². The van der Waals surface area contributed by atoms with Gasteiger partial charge in [0.15, 0.2) is 21.6 Å². The summed E-state index contributed by atoms with van der Waals surface area (Å²) >= 11 is 3.07. The number of hydrogen-bond acceptors (Lipinski definition) is 6. The molecule has 0 spiro atoms. The lowest BCUT2D eigenvalue weighted by molar-refractivity contribution is 0.102. The second-order valence-corrected chi connectivity index (χ2v) is 8.40. The van der Waals surface area contributed by atoms with Gasteiger partial charge >= 0.3 is 0 Å². The Balaban J connectivity index is 1.64. The fourth-order valence-electron chi connectivity index (χ4n) is 2.10. The summed E-state index contributed by atoms with van der Waals surface area (Å²) in [6.45, 7) is 7.48. The van der Waals surface area contributed by atoms with Crippen LogP contribution in [0, 0.1) is 0 Å². The third kappa shape index (κ3) is 3.87. The van der Waals surface area contributed by atoms with Gasteiger partial charge in [-0.15, -0.1) is 11.3 Å².